The summed E-state index contributed by atoms with van der Waals surface area (Å²) in [5.41, 5.74) is 3.23. The van der Waals surface area contributed by atoms with Gasteiger partial charge in [0.25, 0.3) is 5.91 Å². The molecule has 3 heterocycles. The molecule has 5 rings (SSSR count). The summed E-state index contributed by atoms with van der Waals surface area (Å²) in [6.07, 6.45) is 1.55. The molecule has 0 saturated carbocycles. The van der Waals surface area contributed by atoms with Gasteiger partial charge >= 0.3 is 5.97 Å². The van der Waals surface area contributed by atoms with Crippen LogP contribution in [0.4, 0.5) is 15.9 Å². The summed E-state index contributed by atoms with van der Waals surface area (Å²) < 4.78 is 19.4. The predicted molar refractivity (Wildman–Crippen MR) is 159 cm³/mol. The molecule has 0 bridgehead atoms. The summed E-state index contributed by atoms with van der Waals surface area (Å²) in [6.45, 7) is 8.12. The highest BCUT2D eigenvalue weighted by Gasteiger charge is 2.30. The Morgan fingerprint density at radius 3 is 2.46 bits per heavy atom. The van der Waals surface area contributed by atoms with E-state index in [1.807, 2.05) is 49.4 Å². The van der Waals surface area contributed by atoms with Gasteiger partial charge in [0.1, 0.15) is 11.6 Å². The number of amides is 1. The van der Waals surface area contributed by atoms with Crippen LogP contribution in [-0.2, 0) is 15.3 Å². The number of aromatic nitrogens is 2. The molecular formula is C31H36FN5O3S. The summed E-state index contributed by atoms with van der Waals surface area (Å²) in [5, 5.41) is 0.704. The third-order valence-electron chi connectivity index (χ3n) is 7.51. The minimum Gasteiger partial charge on any atom is -0.466 e. The smallest absolute Gasteiger partial charge is 0.310 e. The molecule has 2 aliphatic heterocycles. The van der Waals surface area contributed by atoms with Gasteiger partial charge in [-0.15, -0.1) is 0 Å². The van der Waals surface area contributed by atoms with Gasteiger partial charge in [-0.3, -0.25) is 9.59 Å². The van der Waals surface area contributed by atoms with E-state index in [2.05, 4.69) is 14.8 Å². The zero-order valence-electron chi connectivity index (χ0n) is 23.6. The van der Waals surface area contributed by atoms with E-state index in [4.69, 9.17) is 9.72 Å². The Morgan fingerprint density at radius 1 is 1.00 bits per heavy atom. The van der Waals surface area contributed by atoms with Crippen molar-refractivity contribution in [3.8, 4) is 0 Å². The number of likely N-dealkylation sites (tertiary alicyclic amines) is 1. The van der Waals surface area contributed by atoms with Crippen LogP contribution in [0.25, 0.3) is 0 Å². The summed E-state index contributed by atoms with van der Waals surface area (Å²) in [5.74, 6) is 0.843. The summed E-state index contributed by atoms with van der Waals surface area (Å²) in [4.78, 5) is 40.7. The number of benzene rings is 2. The lowest BCUT2D eigenvalue weighted by Gasteiger charge is -2.37. The highest BCUT2D eigenvalue weighted by Crippen LogP contribution is 2.26. The number of anilines is 2. The molecule has 41 heavy (non-hydrogen) atoms. The topological polar surface area (TPSA) is 78.9 Å². The molecule has 10 heteroatoms. The van der Waals surface area contributed by atoms with E-state index >= 15 is 0 Å². The number of esters is 1. The molecule has 2 aromatic carbocycles. The summed E-state index contributed by atoms with van der Waals surface area (Å²) >= 11 is 1.56. The Hall–Kier alpha value is -3.66. The molecular weight excluding hydrogens is 541 g/mol. The largest absolute Gasteiger partial charge is 0.466 e. The van der Waals surface area contributed by atoms with E-state index in [0.717, 1.165) is 56.1 Å². The number of hydrogen-bond acceptors (Lipinski definition) is 8. The second kappa shape index (κ2) is 13.3. The number of piperazine rings is 1. The third kappa shape index (κ3) is 7.16. The van der Waals surface area contributed by atoms with Crippen LogP contribution in [0.5, 0.6) is 0 Å². The minimum atomic E-state index is -0.252. The van der Waals surface area contributed by atoms with Gasteiger partial charge in [0, 0.05) is 62.3 Å². The van der Waals surface area contributed by atoms with Gasteiger partial charge in [-0.1, -0.05) is 36.0 Å². The van der Waals surface area contributed by atoms with Crippen LogP contribution in [0.2, 0.25) is 0 Å². The van der Waals surface area contributed by atoms with Gasteiger partial charge < -0.3 is 19.4 Å². The molecule has 0 spiro atoms. The molecule has 1 unspecified atom stereocenters. The number of ether oxygens (including phenoxy) is 1. The highest BCUT2D eigenvalue weighted by molar-refractivity contribution is 7.98. The first-order valence-electron chi connectivity index (χ1n) is 14.2. The molecule has 0 aliphatic carbocycles. The fourth-order valence-corrected chi connectivity index (χ4v) is 6.18. The van der Waals surface area contributed by atoms with Gasteiger partial charge in [-0.2, -0.15) is 0 Å². The quantitative estimate of drug-likeness (QED) is 0.211. The first kappa shape index (κ1) is 28.9. The lowest BCUT2D eigenvalue weighted by Crippen LogP contribution is -2.47. The van der Waals surface area contributed by atoms with Crippen molar-refractivity contribution < 1.29 is 18.7 Å². The molecule has 216 valence electrons. The lowest BCUT2D eigenvalue weighted by molar-refractivity contribution is -0.149. The zero-order chi connectivity index (χ0) is 28.8. The number of hydrogen-bond donors (Lipinski definition) is 0. The standard InChI is InChI=1S/C31H36FN5O3S/c1-3-40-30(39)25-7-6-14-37(20-25)29(38)24-12-10-23(11-13-24)21-41-31-33-22(2)19-28(34-31)36-17-15-35(16-18-36)27-9-5-4-8-26(27)32/h4-5,8-13,19,25H,3,6-7,14-18,20-21H2,1-2H3. The first-order chi connectivity index (χ1) is 19.9. The minimum absolute atomic E-state index is 0.0556. The predicted octanol–water partition coefficient (Wildman–Crippen LogP) is 4.96. The Kier molecular flexibility index (Phi) is 9.38. The number of piperidine rings is 1. The number of para-hydroxylation sites is 1. The number of aryl methyl sites for hydroxylation is 1. The molecule has 3 aromatic rings. The number of halogens is 1. The number of rotatable bonds is 8. The third-order valence-corrected chi connectivity index (χ3v) is 8.43. The SMILES string of the molecule is CCOC(=O)C1CCCN(C(=O)c2ccc(CSc3nc(C)cc(N4CCN(c5ccccc5F)CC4)n3)cc2)C1. The van der Waals surface area contributed by atoms with Crippen molar-refractivity contribution in [3.63, 3.8) is 0 Å². The van der Waals surface area contributed by atoms with Gasteiger partial charge in [0.05, 0.1) is 18.2 Å². The maximum absolute atomic E-state index is 14.2. The second-order valence-electron chi connectivity index (χ2n) is 10.4. The Morgan fingerprint density at radius 2 is 1.73 bits per heavy atom. The van der Waals surface area contributed by atoms with Crippen molar-refractivity contribution in [2.24, 2.45) is 5.92 Å². The van der Waals surface area contributed by atoms with E-state index in [1.54, 1.807) is 29.7 Å². The van der Waals surface area contributed by atoms with Crippen molar-refractivity contribution in [1.82, 2.24) is 14.9 Å². The van der Waals surface area contributed by atoms with E-state index in [1.165, 1.54) is 6.07 Å². The van der Waals surface area contributed by atoms with Crippen molar-refractivity contribution in [2.75, 3.05) is 55.7 Å². The summed E-state index contributed by atoms with van der Waals surface area (Å²) in [6, 6.07) is 16.5. The maximum Gasteiger partial charge on any atom is 0.310 e. The number of carbonyl (C=O) groups is 2. The summed E-state index contributed by atoms with van der Waals surface area (Å²) in [7, 11) is 0. The maximum atomic E-state index is 14.2. The molecule has 1 atom stereocenters. The zero-order valence-corrected chi connectivity index (χ0v) is 24.4. The Bertz CT molecular complexity index is 1360. The second-order valence-corrected chi connectivity index (χ2v) is 11.3. The molecule has 2 aliphatic rings. The molecule has 8 nitrogen and oxygen atoms in total. The number of carbonyl (C=O) groups excluding carboxylic acids is 2. The van der Waals surface area contributed by atoms with Crippen LogP contribution in [0, 0.1) is 18.7 Å². The van der Waals surface area contributed by atoms with E-state index in [-0.39, 0.29) is 23.6 Å². The van der Waals surface area contributed by atoms with Crippen LogP contribution >= 0.6 is 11.8 Å². The molecule has 0 N–H and O–H groups in total. The van der Waals surface area contributed by atoms with Crippen LogP contribution in [-0.4, -0.2) is 72.6 Å². The van der Waals surface area contributed by atoms with Crippen molar-refractivity contribution in [3.05, 3.63) is 77.2 Å². The Labute approximate surface area is 244 Å². The average Bonchev–Trinajstić information content (AvgIpc) is 3.00. The molecule has 2 fully saturated rings. The van der Waals surface area contributed by atoms with Crippen molar-refractivity contribution in [1.29, 1.82) is 0 Å². The highest BCUT2D eigenvalue weighted by atomic mass is 32.2. The van der Waals surface area contributed by atoms with Crippen LogP contribution < -0.4 is 9.80 Å². The van der Waals surface area contributed by atoms with E-state index < -0.39 is 0 Å². The van der Waals surface area contributed by atoms with Crippen LogP contribution in [0.1, 0.15) is 41.4 Å². The molecule has 1 aromatic heterocycles. The fourth-order valence-electron chi connectivity index (χ4n) is 5.32. The normalized spacial score (nSPS) is 17.4. The van der Waals surface area contributed by atoms with Gasteiger partial charge in [-0.25, -0.2) is 14.4 Å². The molecule has 2 saturated heterocycles. The first-order valence-corrected chi connectivity index (χ1v) is 15.2. The fraction of sp³-hybridized carbons (Fsp3) is 0.419. The number of nitrogens with zero attached hydrogens (tertiary/aromatic N) is 5. The molecule has 0 radical (unpaired) electrons. The van der Waals surface area contributed by atoms with Gasteiger partial charge in [0.15, 0.2) is 5.16 Å². The number of thioether (sulfide) groups is 1. The van der Waals surface area contributed by atoms with E-state index in [9.17, 15) is 14.0 Å². The van der Waals surface area contributed by atoms with Crippen molar-refractivity contribution >= 4 is 35.1 Å². The van der Waals surface area contributed by atoms with Crippen molar-refractivity contribution in [2.45, 2.75) is 37.6 Å². The monoisotopic (exact) mass is 577 g/mol. The van der Waals surface area contributed by atoms with Gasteiger partial charge in [-0.05, 0) is 56.5 Å². The van der Waals surface area contributed by atoms with E-state index in [0.29, 0.717) is 41.9 Å². The van der Waals surface area contributed by atoms with Gasteiger partial charge in [0.2, 0.25) is 0 Å². The molecule has 1 amide bonds. The Balaban J connectivity index is 1.16. The van der Waals surface area contributed by atoms with Crippen LogP contribution in [0.15, 0.2) is 59.8 Å². The average molecular weight is 578 g/mol. The van der Waals surface area contributed by atoms with Crippen LogP contribution in [0.3, 0.4) is 0 Å². The lowest BCUT2D eigenvalue weighted by atomic mass is 9.97.